The molecule has 6 rings (SSSR count). The number of carbonyl (C=O) groups excluding carboxylic acids is 1. The maximum atomic E-state index is 13.3. The maximum absolute atomic E-state index is 13.3. The first kappa shape index (κ1) is 23.4. The molecule has 0 bridgehead atoms. The molecule has 37 heavy (non-hydrogen) atoms. The molecule has 2 aromatic carbocycles. The predicted octanol–water partition coefficient (Wildman–Crippen LogP) is 6.22. The van der Waals surface area contributed by atoms with Gasteiger partial charge in [0.15, 0.2) is 16.6 Å². The first-order valence-corrected chi connectivity index (χ1v) is 13.3. The Morgan fingerprint density at radius 1 is 1.08 bits per heavy atom. The van der Waals surface area contributed by atoms with Crippen LogP contribution in [0.4, 0.5) is 15.6 Å². The van der Waals surface area contributed by atoms with Crippen LogP contribution in [-0.4, -0.2) is 40.2 Å². The van der Waals surface area contributed by atoms with Crippen LogP contribution in [0.1, 0.15) is 41.7 Å². The zero-order valence-electron chi connectivity index (χ0n) is 20.1. The number of anilines is 2. The number of hydrogen-bond donors (Lipinski definition) is 2. The summed E-state index contributed by atoms with van der Waals surface area (Å²) in [5, 5.41) is 13.3. The van der Waals surface area contributed by atoms with E-state index in [1.54, 1.807) is 17.0 Å². The molecular formula is C28H26N4O4S. The number of nitrogens with one attached hydrogen (secondary N) is 1. The number of thiazole rings is 1. The van der Waals surface area contributed by atoms with Crippen molar-refractivity contribution in [2.45, 2.75) is 32.1 Å². The summed E-state index contributed by atoms with van der Waals surface area (Å²) < 4.78 is 6.81. The normalized spacial score (nSPS) is 15.2. The number of para-hydroxylation sites is 1. The van der Waals surface area contributed by atoms with Crippen LogP contribution in [-0.2, 0) is 6.42 Å². The van der Waals surface area contributed by atoms with E-state index in [-0.39, 0.29) is 17.5 Å². The molecule has 8 nitrogen and oxygen atoms in total. The fourth-order valence-corrected chi connectivity index (χ4v) is 5.63. The standard InChI is InChI=1S/C28H26N4O4S/c33-26(34)25-23(36-16-17-5-3-6-17)13-12-20(29-25)19-11-10-18-7-4-14-32(22(18)15-19)28(35)31-27-30-21-8-1-2-9-24(21)37-27/h1-2,8-13,15,17H,3-7,14,16H2,(H,33,34)(H,30,31,35). The highest BCUT2D eigenvalue weighted by atomic mass is 32.1. The summed E-state index contributed by atoms with van der Waals surface area (Å²) in [5.41, 5.74) is 3.88. The van der Waals surface area contributed by atoms with Gasteiger partial charge in [-0.25, -0.2) is 19.6 Å². The minimum absolute atomic E-state index is 0.0972. The number of carboxylic acids is 1. The first-order valence-electron chi connectivity index (χ1n) is 12.5. The lowest BCUT2D eigenvalue weighted by molar-refractivity contribution is 0.0682. The summed E-state index contributed by atoms with van der Waals surface area (Å²) in [6.07, 6.45) is 5.15. The number of urea groups is 1. The number of rotatable bonds is 6. The van der Waals surface area contributed by atoms with Gasteiger partial charge >= 0.3 is 12.0 Å². The molecule has 2 aliphatic rings. The minimum atomic E-state index is -1.12. The van der Waals surface area contributed by atoms with Gasteiger partial charge in [0, 0.05) is 17.8 Å². The summed E-state index contributed by atoms with van der Waals surface area (Å²) >= 11 is 1.44. The summed E-state index contributed by atoms with van der Waals surface area (Å²) in [6, 6.07) is 16.8. The number of pyridine rings is 1. The van der Waals surface area contributed by atoms with E-state index in [9.17, 15) is 14.7 Å². The summed E-state index contributed by atoms with van der Waals surface area (Å²) in [6.45, 7) is 1.09. The first-order chi connectivity index (χ1) is 18.0. The molecule has 2 amide bonds. The highest BCUT2D eigenvalue weighted by molar-refractivity contribution is 7.22. The van der Waals surface area contributed by atoms with Crippen molar-refractivity contribution in [1.82, 2.24) is 9.97 Å². The molecule has 2 N–H and O–H groups in total. The fraction of sp³-hybridized carbons (Fsp3) is 0.286. The molecule has 2 aromatic heterocycles. The topological polar surface area (TPSA) is 105 Å². The average Bonchev–Trinajstić information content (AvgIpc) is 3.29. The van der Waals surface area contributed by atoms with E-state index in [2.05, 4.69) is 15.3 Å². The third-order valence-corrected chi connectivity index (χ3v) is 7.96. The van der Waals surface area contributed by atoms with E-state index in [1.165, 1.54) is 17.8 Å². The maximum Gasteiger partial charge on any atom is 0.358 e. The van der Waals surface area contributed by atoms with Crippen LogP contribution < -0.4 is 15.0 Å². The van der Waals surface area contributed by atoms with Gasteiger partial charge in [-0.3, -0.25) is 10.2 Å². The van der Waals surface area contributed by atoms with Crippen LogP contribution in [0.3, 0.4) is 0 Å². The highest BCUT2D eigenvalue weighted by Crippen LogP contribution is 2.34. The van der Waals surface area contributed by atoms with E-state index >= 15 is 0 Å². The molecule has 9 heteroatoms. The van der Waals surface area contributed by atoms with Crippen molar-refractivity contribution in [1.29, 1.82) is 0 Å². The molecule has 3 heterocycles. The van der Waals surface area contributed by atoms with E-state index < -0.39 is 5.97 Å². The number of nitrogens with zero attached hydrogens (tertiary/aromatic N) is 3. The predicted molar refractivity (Wildman–Crippen MR) is 144 cm³/mol. The van der Waals surface area contributed by atoms with Crippen molar-refractivity contribution in [3.8, 4) is 17.0 Å². The van der Waals surface area contributed by atoms with Crippen molar-refractivity contribution in [3.05, 3.63) is 65.9 Å². The molecule has 0 spiro atoms. The minimum Gasteiger partial charge on any atom is -0.491 e. The Bertz CT molecular complexity index is 1460. The van der Waals surface area contributed by atoms with Gasteiger partial charge in [-0.2, -0.15) is 0 Å². The van der Waals surface area contributed by atoms with Gasteiger partial charge in [0.1, 0.15) is 0 Å². The fourth-order valence-electron chi connectivity index (χ4n) is 4.77. The lowest BCUT2D eigenvalue weighted by Crippen LogP contribution is -2.38. The number of carboxylic acid groups (broad SMARTS) is 1. The van der Waals surface area contributed by atoms with Crippen molar-refractivity contribution < 1.29 is 19.4 Å². The van der Waals surface area contributed by atoms with Crippen LogP contribution >= 0.6 is 11.3 Å². The van der Waals surface area contributed by atoms with E-state index in [0.717, 1.165) is 52.7 Å². The molecule has 0 unspecified atom stereocenters. The number of aromatic carboxylic acids is 1. The molecule has 188 valence electrons. The number of amides is 2. The molecule has 0 saturated heterocycles. The smallest absolute Gasteiger partial charge is 0.358 e. The zero-order chi connectivity index (χ0) is 25.4. The Labute approximate surface area is 217 Å². The summed E-state index contributed by atoms with van der Waals surface area (Å²) in [5.74, 6) is -0.347. The molecule has 1 aliphatic heterocycles. The Morgan fingerprint density at radius 2 is 1.95 bits per heavy atom. The van der Waals surface area contributed by atoms with Gasteiger partial charge in [0.2, 0.25) is 0 Å². The van der Waals surface area contributed by atoms with Gasteiger partial charge in [-0.1, -0.05) is 42.0 Å². The van der Waals surface area contributed by atoms with Crippen LogP contribution in [0.5, 0.6) is 5.75 Å². The summed E-state index contributed by atoms with van der Waals surface area (Å²) in [7, 11) is 0. The second kappa shape index (κ2) is 9.82. The molecule has 0 radical (unpaired) electrons. The number of fused-ring (bicyclic) bond motifs is 2. The second-order valence-corrected chi connectivity index (χ2v) is 10.5. The number of ether oxygens (including phenoxy) is 1. The van der Waals surface area contributed by atoms with Crippen molar-refractivity contribution in [2.75, 3.05) is 23.4 Å². The SMILES string of the molecule is O=C(O)c1nc(-c2ccc3c(c2)N(C(=O)Nc2nc4ccccc4s2)CCC3)ccc1OCC1CCC1. The highest BCUT2D eigenvalue weighted by Gasteiger charge is 2.25. The molecule has 1 saturated carbocycles. The average molecular weight is 515 g/mol. The van der Waals surface area contributed by atoms with E-state index in [1.807, 2.05) is 42.5 Å². The van der Waals surface area contributed by atoms with Gasteiger partial charge in [-0.05, 0) is 67.5 Å². The number of benzene rings is 2. The van der Waals surface area contributed by atoms with Gasteiger partial charge in [0.05, 0.1) is 22.5 Å². The van der Waals surface area contributed by atoms with Gasteiger partial charge in [0.25, 0.3) is 0 Å². The molecule has 1 fully saturated rings. The second-order valence-electron chi connectivity index (χ2n) is 9.47. The van der Waals surface area contributed by atoms with Crippen LogP contribution in [0, 0.1) is 5.92 Å². The zero-order valence-corrected chi connectivity index (χ0v) is 21.0. The Hall–Kier alpha value is -3.98. The van der Waals surface area contributed by atoms with E-state index in [4.69, 9.17) is 4.74 Å². The number of aryl methyl sites for hydroxylation is 1. The number of aromatic nitrogens is 2. The largest absolute Gasteiger partial charge is 0.491 e. The van der Waals surface area contributed by atoms with E-state index in [0.29, 0.717) is 29.9 Å². The lowest BCUT2D eigenvalue weighted by Gasteiger charge is -2.29. The third kappa shape index (κ3) is 4.74. The Morgan fingerprint density at radius 3 is 2.73 bits per heavy atom. The van der Waals surface area contributed by atoms with Crippen molar-refractivity contribution >= 4 is 44.4 Å². The monoisotopic (exact) mass is 514 g/mol. The molecule has 0 atom stereocenters. The van der Waals surface area contributed by atoms with Crippen LogP contribution in [0.25, 0.3) is 21.5 Å². The van der Waals surface area contributed by atoms with Crippen LogP contribution in [0.15, 0.2) is 54.6 Å². The Balaban J connectivity index is 1.26. The lowest BCUT2D eigenvalue weighted by atomic mass is 9.86. The van der Waals surface area contributed by atoms with Crippen molar-refractivity contribution in [2.24, 2.45) is 5.92 Å². The number of carbonyl (C=O) groups is 2. The Kier molecular flexibility index (Phi) is 6.21. The third-order valence-electron chi connectivity index (χ3n) is 7.01. The number of hydrogen-bond acceptors (Lipinski definition) is 6. The molecular weight excluding hydrogens is 488 g/mol. The quantitative estimate of drug-likeness (QED) is 0.317. The summed E-state index contributed by atoms with van der Waals surface area (Å²) in [4.78, 5) is 35.9. The van der Waals surface area contributed by atoms with Gasteiger partial charge < -0.3 is 9.84 Å². The van der Waals surface area contributed by atoms with Gasteiger partial charge in [-0.15, -0.1) is 0 Å². The molecule has 4 aromatic rings. The van der Waals surface area contributed by atoms with Crippen molar-refractivity contribution in [3.63, 3.8) is 0 Å². The van der Waals surface area contributed by atoms with Crippen LogP contribution in [0.2, 0.25) is 0 Å². The molecule has 1 aliphatic carbocycles.